The second kappa shape index (κ2) is 2.35. The standard InChI is InChI=1S/C9H11NO3/c1-9(13)3-2-5-4-6(8(11)12)10-7(5)9/h4,10,13H,2-3H2,1H3,(H,11,12). The predicted molar refractivity (Wildman–Crippen MR) is 45.6 cm³/mol. The normalized spacial score (nSPS) is 26.0. The Morgan fingerprint density at radius 2 is 2.38 bits per heavy atom. The molecule has 2 rings (SSSR count). The van der Waals surface area contributed by atoms with Crippen molar-refractivity contribution in [3.63, 3.8) is 0 Å². The number of H-pyrrole nitrogens is 1. The van der Waals surface area contributed by atoms with Crippen molar-refractivity contribution in [2.24, 2.45) is 0 Å². The number of hydrogen-bond donors (Lipinski definition) is 3. The van der Waals surface area contributed by atoms with Crippen molar-refractivity contribution in [2.45, 2.75) is 25.4 Å². The first-order chi connectivity index (χ1) is 6.00. The van der Waals surface area contributed by atoms with Gasteiger partial charge in [0.1, 0.15) is 11.3 Å². The van der Waals surface area contributed by atoms with Crippen LogP contribution in [0.25, 0.3) is 0 Å². The molecule has 0 aromatic carbocycles. The molecule has 0 bridgehead atoms. The van der Waals surface area contributed by atoms with Gasteiger partial charge in [0, 0.05) is 0 Å². The molecule has 70 valence electrons. The number of aryl methyl sites for hydroxylation is 1. The molecule has 0 amide bonds. The van der Waals surface area contributed by atoms with Gasteiger partial charge in [0.2, 0.25) is 0 Å². The molecule has 4 heteroatoms. The fourth-order valence-electron chi connectivity index (χ4n) is 1.79. The second-order valence-corrected chi connectivity index (χ2v) is 3.66. The summed E-state index contributed by atoms with van der Waals surface area (Å²) in [5.74, 6) is -0.981. The van der Waals surface area contributed by atoms with E-state index in [1.165, 1.54) is 0 Å². The van der Waals surface area contributed by atoms with E-state index in [4.69, 9.17) is 5.11 Å². The topological polar surface area (TPSA) is 73.3 Å². The van der Waals surface area contributed by atoms with Crippen LogP contribution in [0.1, 0.15) is 35.1 Å². The Morgan fingerprint density at radius 3 is 2.92 bits per heavy atom. The molecule has 1 aliphatic rings. The van der Waals surface area contributed by atoms with Crippen LogP contribution in [-0.2, 0) is 12.0 Å². The van der Waals surface area contributed by atoms with E-state index in [-0.39, 0.29) is 5.69 Å². The second-order valence-electron chi connectivity index (χ2n) is 3.66. The molecule has 0 radical (unpaired) electrons. The zero-order chi connectivity index (χ0) is 9.64. The molecule has 1 aromatic rings. The first-order valence-corrected chi connectivity index (χ1v) is 4.19. The maximum absolute atomic E-state index is 10.6. The highest BCUT2D eigenvalue weighted by Crippen LogP contribution is 2.36. The number of carboxylic acid groups (broad SMARTS) is 1. The summed E-state index contributed by atoms with van der Waals surface area (Å²) in [5.41, 5.74) is 0.848. The minimum Gasteiger partial charge on any atom is -0.477 e. The lowest BCUT2D eigenvalue weighted by molar-refractivity contribution is 0.0548. The number of aromatic amines is 1. The van der Waals surface area contributed by atoms with E-state index in [1.54, 1.807) is 13.0 Å². The third kappa shape index (κ3) is 1.14. The van der Waals surface area contributed by atoms with Gasteiger partial charge in [0.15, 0.2) is 0 Å². The lowest BCUT2D eigenvalue weighted by Crippen LogP contribution is -2.17. The average molecular weight is 181 g/mol. The highest BCUT2D eigenvalue weighted by atomic mass is 16.4. The Labute approximate surface area is 75.2 Å². The number of aliphatic hydroxyl groups is 1. The maximum atomic E-state index is 10.6. The number of carboxylic acids is 1. The smallest absolute Gasteiger partial charge is 0.352 e. The first kappa shape index (κ1) is 8.31. The van der Waals surface area contributed by atoms with Crippen LogP contribution in [-0.4, -0.2) is 21.2 Å². The number of carbonyl (C=O) groups is 1. The van der Waals surface area contributed by atoms with Gasteiger partial charge in [-0.05, 0) is 31.4 Å². The molecule has 1 unspecified atom stereocenters. The summed E-state index contributed by atoms with van der Waals surface area (Å²) in [6.45, 7) is 1.70. The molecule has 0 saturated carbocycles. The van der Waals surface area contributed by atoms with E-state index in [1.807, 2.05) is 0 Å². The molecule has 1 aliphatic carbocycles. The monoisotopic (exact) mass is 181 g/mol. The summed E-state index contributed by atoms with van der Waals surface area (Å²) in [7, 11) is 0. The van der Waals surface area contributed by atoms with Crippen LogP contribution in [0, 0.1) is 0 Å². The fraction of sp³-hybridized carbons (Fsp3) is 0.444. The first-order valence-electron chi connectivity index (χ1n) is 4.19. The molecule has 1 heterocycles. The molecule has 0 aliphatic heterocycles. The van der Waals surface area contributed by atoms with E-state index in [2.05, 4.69) is 4.98 Å². The van der Waals surface area contributed by atoms with Crippen LogP contribution in [0.15, 0.2) is 6.07 Å². The Hall–Kier alpha value is -1.29. The van der Waals surface area contributed by atoms with Crippen molar-refractivity contribution in [1.82, 2.24) is 4.98 Å². The van der Waals surface area contributed by atoms with Crippen LogP contribution in [0.5, 0.6) is 0 Å². The summed E-state index contributed by atoms with van der Waals surface area (Å²) in [5, 5.41) is 18.5. The molecular weight excluding hydrogens is 170 g/mol. The number of rotatable bonds is 1. The molecular formula is C9H11NO3. The van der Waals surface area contributed by atoms with Gasteiger partial charge in [0.05, 0.1) is 5.69 Å². The number of hydrogen-bond acceptors (Lipinski definition) is 2. The minimum absolute atomic E-state index is 0.157. The van der Waals surface area contributed by atoms with Gasteiger partial charge >= 0.3 is 5.97 Å². The minimum atomic E-state index is -0.981. The van der Waals surface area contributed by atoms with Crippen LogP contribution < -0.4 is 0 Å². The third-order valence-corrected chi connectivity index (χ3v) is 2.55. The highest BCUT2D eigenvalue weighted by Gasteiger charge is 2.34. The summed E-state index contributed by atoms with van der Waals surface area (Å²) in [6.07, 6.45) is 1.40. The average Bonchev–Trinajstić information content (AvgIpc) is 2.53. The summed E-state index contributed by atoms with van der Waals surface area (Å²) >= 11 is 0. The summed E-state index contributed by atoms with van der Waals surface area (Å²) < 4.78 is 0. The van der Waals surface area contributed by atoms with E-state index in [0.29, 0.717) is 12.1 Å². The van der Waals surface area contributed by atoms with Gasteiger partial charge in [-0.15, -0.1) is 0 Å². The zero-order valence-corrected chi connectivity index (χ0v) is 7.29. The zero-order valence-electron chi connectivity index (χ0n) is 7.29. The van der Waals surface area contributed by atoms with Gasteiger partial charge in [-0.25, -0.2) is 4.79 Å². The summed E-state index contributed by atoms with van der Waals surface area (Å²) in [4.78, 5) is 13.3. The van der Waals surface area contributed by atoms with Crippen LogP contribution in [0.4, 0.5) is 0 Å². The van der Waals surface area contributed by atoms with Gasteiger partial charge < -0.3 is 15.2 Å². The van der Waals surface area contributed by atoms with Crippen molar-refractivity contribution in [2.75, 3.05) is 0 Å². The van der Waals surface area contributed by atoms with Crippen molar-refractivity contribution in [3.8, 4) is 0 Å². The molecule has 13 heavy (non-hydrogen) atoms. The van der Waals surface area contributed by atoms with Crippen LogP contribution in [0.3, 0.4) is 0 Å². The number of fused-ring (bicyclic) bond motifs is 1. The Balaban J connectivity index is 2.48. The third-order valence-electron chi connectivity index (χ3n) is 2.55. The van der Waals surface area contributed by atoms with Crippen molar-refractivity contribution < 1.29 is 15.0 Å². The lowest BCUT2D eigenvalue weighted by atomic mass is 10.1. The Morgan fingerprint density at radius 1 is 1.69 bits per heavy atom. The predicted octanol–water partition coefficient (Wildman–Crippen LogP) is 0.867. The molecule has 0 fully saturated rings. The number of aromatic carboxylic acids is 1. The van der Waals surface area contributed by atoms with Gasteiger partial charge in [-0.1, -0.05) is 0 Å². The fourth-order valence-corrected chi connectivity index (χ4v) is 1.79. The van der Waals surface area contributed by atoms with E-state index >= 15 is 0 Å². The molecule has 1 atom stereocenters. The molecule has 3 N–H and O–H groups in total. The van der Waals surface area contributed by atoms with E-state index in [9.17, 15) is 9.90 Å². The Bertz CT molecular complexity index is 365. The van der Waals surface area contributed by atoms with Gasteiger partial charge in [-0.3, -0.25) is 0 Å². The van der Waals surface area contributed by atoms with E-state index < -0.39 is 11.6 Å². The van der Waals surface area contributed by atoms with Crippen molar-refractivity contribution >= 4 is 5.97 Å². The van der Waals surface area contributed by atoms with Crippen molar-refractivity contribution in [1.29, 1.82) is 0 Å². The Kier molecular flexibility index (Phi) is 1.51. The maximum Gasteiger partial charge on any atom is 0.352 e. The van der Waals surface area contributed by atoms with Gasteiger partial charge in [-0.2, -0.15) is 0 Å². The van der Waals surface area contributed by atoms with Gasteiger partial charge in [0.25, 0.3) is 0 Å². The number of aromatic nitrogens is 1. The van der Waals surface area contributed by atoms with E-state index in [0.717, 1.165) is 12.0 Å². The van der Waals surface area contributed by atoms with Crippen LogP contribution >= 0.6 is 0 Å². The summed E-state index contributed by atoms with van der Waals surface area (Å²) in [6, 6.07) is 1.60. The molecule has 4 nitrogen and oxygen atoms in total. The van der Waals surface area contributed by atoms with Crippen LogP contribution in [0.2, 0.25) is 0 Å². The molecule has 0 saturated heterocycles. The lowest BCUT2D eigenvalue weighted by Gasteiger charge is -2.15. The molecule has 0 spiro atoms. The quantitative estimate of drug-likeness (QED) is 0.601. The highest BCUT2D eigenvalue weighted by molar-refractivity contribution is 5.86. The number of nitrogens with one attached hydrogen (secondary N) is 1. The largest absolute Gasteiger partial charge is 0.477 e. The molecule has 1 aromatic heterocycles. The van der Waals surface area contributed by atoms with Crippen molar-refractivity contribution in [3.05, 3.63) is 23.0 Å². The SMILES string of the molecule is CC1(O)CCc2cc(C(=O)O)[nH]c21.